The molecule has 0 saturated heterocycles. The minimum Gasteiger partial charge on any atom is -0.348 e. The monoisotopic (exact) mass is 192 g/mol. The van der Waals surface area contributed by atoms with Crippen LogP contribution in [0.3, 0.4) is 0 Å². The number of carbonyl (C=O) groups is 1. The molecule has 0 spiro atoms. The van der Waals surface area contributed by atoms with Crippen LogP contribution in [0.4, 0.5) is 0 Å². The molecular weight excluding hydrogens is 176 g/mol. The van der Waals surface area contributed by atoms with Crippen molar-refractivity contribution in [2.45, 2.75) is 19.3 Å². The molecule has 0 aliphatic carbocycles. The number of pyridine rings is 1. The quantitative estimate of drug-likeness (QED) is 0.710. The third-order valence-electron chi connectivity index (χ3n) is 2.25. The molecule has 0 unspecified atom stereocenters. The van der Waals surface area contributed by atoms with E-state index in [1.54, 1.807) is 25.2 Å². The molecule has 0 bridgehead atoms. The van der Waals surface area contributed by atoms with Gasteiger partial charge in [-0.15, -0.1) is 0 Å². The van der Waals surface area contributed by atoms with Gasteiger partial charge in [-0.3, -0.25) is 9.78 Å². The molecule has 0 aromatic carbocycles. The Balaban J connectivity index is 3.02. The second-order valence-corrected chi connectivity index (χ2v) is 4.04. The van der Waals surface area contributed by atoms with E-state index in [-0.39, 0.29) is 5.91 Å². The molecule has 1 amide bonds. The summed E-state index contributed by atoms with van der Waals surface area (Å²) in [6.45, 7) is 3.77. The van der Waals surface area contributed by atoms with Crippen LogP contribution in [0.15, 0.2) is 24.4 Å². The summed E-state index contributed by atoms with van der Waals surface area (Å²) >= 11 is 0. The first-order valence-electron chi connectivity index (χ1n) is 4.59. The first-order valence-corrected chi connectivity index (χ1v) is 4.59. The van der Waals surface area contributed by atoms with Gasteiger partial charge in [0, 0.05) is 20.3 Å². The molecule has 1 heterocycles. The van der Waals surface area contributed by atoms with Crippen LogP contribution in [0.25, 0.3) is 0 Å². The van der Waals surface area contributed by atoms with Gasteiger partial charge in [0.1, 0.15) is 0 Å². The molecular formula is C11H16N2O. The van der Waals surface area contributed by atoms with Gasteiger partial charge in [0.2, 0.25) is 5.91 Å². The van der Waals surface area contributed by atoms with Gasteiger partial charge in [-0.05, 0) is 26.0 Å². The van der Waals surface area contributed by atoms with Crippen molar-refractivity contribution in [3.63, 3.8) is 0 Å². The molecule has 1 aromatic heterocycles. The lowest BCUT2D eigenvalue weighted by Gasteiger charge is -2.26. The highest BCUT2D eigenvalue weighted by molar-refractivity contribution is 5.86. The van der Waals surface area contributed by atoms with Gasteiger partial charge in [-0.2, -0.15) is 0 Å². The molecule has 14 heavy (non-hydrogen) atoms. The maximum absolute atomic E-state index is 11.9. The lowest BCUT2D eigenvalue weighted by Crippen LogP contribution is -2.39. The van der Waals surface area contributed by atoms with Crippen LogP contribution in [-0.4, -0.2) is 29.9 Å². The molecule has 0 saturated carbocycles. The van der Waals surface area contributed by atoms with E-state index in [2.05, 4.69) is 4.98 Å². The third-order valence-corrected chi connectivity index (χ3v) is 2.25. The summed E-state index contributed by atoms with van der Waals surface area (Å²) in [5.41, 5.74) is 0.254. The largest absolute Gasteiger partial charge is 0.348 e. The van der Waals surface area contributed by atoms with E-state index in [4.69, 9.17) is 0 Å². The first kappa shape index (κ1) is 10.7. The first-order chi connectivity index (χ1) is 6.46. The van der Waals surface area contributed by atoms with Gasteiger partial charge in [-0.25, -0.2) is 0 Å². The van der Waals surface area contributed by atoms with E-state index >= 15 is 0 Å². The van der Waals surface area contributed by atoms with Gasteiger partial charge >= 0.3 is 0 Å². The van der Waals surface area contributed by atoms with E-state index in [0.29, 0.717) is 0 Å². The zero-order valence-corrected chi connectivity index (χ0v) is 9.11. The van der Waals surface area contributed by atoms with Gasteiger partial charge in [0.15, 0.2) is 0 Å². The fourth-order valence-corrected chi connectivity index (χ4v) is 1.40. The zero-order valence-electron chi connectivity index (χ0n) is 9.11. The van der Waals surface area contributed by atoms with Crippen LogP contribution in [0, 0.1) is 0 Å². The molecule has 3 nitrogen and oxygen atoms in total. The average molecular weight is 192 g/mol. The topological polar surface area (TPSA) is 33.2 Å². The van der Waals surface area contributed by atoms with Crippen molar-refractivity contribution in [2.75, 3.05) is 14.1 Å². The van der Waals surface area contributed by atoms with Crippen LogP contribution in [-0.2, 0) is 10.2 Å². The number of amides is 1. The Morgan fingerprint density at radius 3 is 2.43 bits per heavy atom. The summed E-state index contributed by atoms with van der Waals surface area (Å²) in [4.78, 5) is 17.6. The summed E-state index contributed by atoms with van der Waals surface area (Å²) in [7, 11) is 3.51. The number of nitrogens with zero attached hydrogens (tertiary/aromatic N) is 2. The van der Waals surface area contributed by atoms with E-state index in [1.807, 2.05) is 32.0 Å². The minimum absolute atomic E-state index is 0.0659. The standard InChI is InChI=1S/C11H16N2O/c1-11(2,10(14)13(3)4)9-7-5-6-8-12-9/h5-8H,1-4H3. The molecule has 0 fully saturated rings. The van der Waals surface area contributed by atoms with E-state index < -0.39 is 5.41 Å². The zero-order chi connectivity index (χ0) is 10.8. The summed E-state index contributed by atoms with van der Waals surface area (Å²) in [5.74, 6) is 0.0659. The fourth-order valence-electron chi connectivity index (χ4n) is 1.40. The number of hydrogen-bond donors (Lipinski definition) is 0. The van der Waals surface area contributed by atoms with Crippen LogP contribution < -0.4 is 0 Å². The highest BCUT2D eigenvalue weighted by Crippen LogP contribution is 2.22. The molecule has 0 aliphatic rings. The van der Waals surface area contributed by atoms with Crippen molar-refractivity contribution in [2.24, 2.45) is 0 Å². The van der Waals surface area contributed by atoms with Gasteiger partial charge in [0.05, 0.1) is 11.1 Å². The molecule has 0 aliphatic heterocycles. The highest BCUT2D eigenvalue weighted by atomic mass is 16.2. The Labute approximate surface area is 84.8 Å². The number of carbonyl (C=O) groups excluding carboxylic acids is 1. The van der Waals surface area contributed by atoms with Crippen molar-refractivity contribution >= 4 is 5.91 Å². The predicted octanol–water partition coefficient (Wildman–Crippen LogP) is 1.45. The third kappa shape index (κ3) is 1.92. The Bertz CT molecular complexity index is 317. The lowest BCUT2D eigenvalue weighted by atomic mass is 9.87. The van der Waals surface area contributed by atoms with Crippen LogP contribution in [0.5, 0.6) is 0 Å². The highest BCUT2D eigenvalue weighted by Gasteiger charge is 2.32. The minimum atomic E-state index is -0.551. The lowest BCUT2D eigenvalue weighted by molar-refractivity contribution is -0.133. The number of rotatable bonds is 2. The Hall–Kier alpha value is -1.38. The molecule has 76 valence electrons. The molecule has 0 N–H and O–H groups in total. The van der Waals surface area contributed by atoms with E-state index in [1.165, 1.54) is 0 Å². The molecule has 1 aromatic rings. The summed E-state index contributed by atoms with van der Waals surface area (Å²) in [5, 5.41) is 0. The van der Waals surface area contributed by atoms with Crippen molar-refractivity contribution in [3.05, 3.63) is 30.1 Å². The smallest absolute Gasteiger partial charge is 0.233 e. The Morgan fingerprint density at radius 1 is 1.36 bits per heavy atom. The average Bonchev–Trinajstić information content (AvgIpc) is 2.18. The molecule has 0 atom stereocenters. The predicted molar refractivity (Wildman–Crippen MR) is 56.0 cm³/mol. The SMILES string of the molecule is CN(C)C(=O)C(C)(C)c1ccccn1. The number of hydrogen-bond acceptors (Lipinski definition) is 2. The van der Waals surface area contributed by atoms with E-state index in [9.17, 15) is 4.79 Å². The van der Waals surface area contributed by atoms with Crippen molar-refractivity contribution < 1.29 is 4.79 Å². The van der Waals surface area contributed by atoms with Gasteiger partial charge in [0.25, 0.3) is 0 Å². The number of likely N-dealkylation sites (N-methyl/N-ethyl adjacent to an activating group) is 1. The van der Waals surface area contributed by atoms with Gasteiger partial charge in [-0.1, -0.05) is 6.07 Å². The second kappa shape index (κ2) is 3.78. The fraction of sp³-hybridized carbons (Fsp3) is 0.455. The van der Waals surface area contributed by atoms with Crippen molar-refractivity contribution in [3.8, 4) is 0 Å². The Morgan fingerprint density at radius 2 is 2.00 bits per heavy atom. The summed E-state index contributed by atoms with van der Waals surface area (Å²) in [6.07, 6.45) is 1.71. The molecule has 0 radical (unpaired) electrons. The maximum Gasteiger partial charge on any atom is 0.233 e. The van der Waals surface area contributed by atoms with Gasteiger partial charge < -0.3 is 4.90 Å². The van der Waals surface area contributed by atoms with Crippen molar-refractivity contribution in [1.29, 1.82) is 0 Å². The van der Waals surface area contributed by atoms with Crippen LogP contribution >= 0.6 is 0 Å². The van der Waals surface area contributed by atoms with Crippen molar-refractivity contribution in [1.82, 2.24) is 9.88 Å². The molecule has 1 rings (SSSR count). The second-order valence-electron chi connectivity index (χ2n) is 4.04. The number of aromatic nitrogens is 1. The van der Waals surface area contributed by atoms with E-state index in [0.717, 1.165) is 5.69 Å². The summed E-state index contributed by atoms with van der Waals surface area (Å²) in [6, 6.07) is 5.62. The normalized spacial score (nSPS) is 11.1. The van der Waals surface area contributed by atoms with Crippen LogP contribution in [0.2, 0.25) is 0 Å². The Kier molecular flexibility index (Phi) is 2.89. The summed E-state index contributed by atoms with van der Waals surface area (Å²) < 4.78 is 0. The maximum atomic E-state index is 11.9. The van der Waals surface area contributed by atoms with Crippen LogP contribution in [0.1, 0.15) is 19.5 Å². The molecule has 3 heteroatoms.